The molecule has 5 nitrogen and oxygen atoms in total. The molecule has 0 fully saturated rings. The molecular weight excluding hydrogens is 378 g/mol. The maximum atomic E-state index is 12.5. The number of rotatable bonds is 7. The molecule has 1 aromatic rings. The van der Waals surface area contributed by atoms with Crippen LogP contribution in [-0.2, 0) is 10.0 Å². The predicted octanol–water partition coefficient (Wildman–Crippen LogP) is 2.88. The minimum Gasteiger partial charge on any atom is -0.478 e. The monoisotopic (exact) mass is 395 g/mol. The Kier molecular flexibility index (Phi) is 6.71. The summed E-state index contributed by atoms with van der Waals surface area (Å²) >= 11 is 4.77. The molecule has 0 saturated heterocycles. The van der Waals surface area contributed by atoms with Crippen LogP contribution in [0.15, 0.2) is 21.5 Å². The van der Waals surface area contributed by atoms with Crippen molar-refractivity contribution in [3.8, 4) is 0 Å². The number of nitrogens with one attached hydrogen (secondary N) is 1. The number of carboxylic acid groups (broad SMARTS) is 1. The van der Waals surface area contributed by atoms with E-state index in [0.29, 0.717) is 22.2 Å². The lowest BCUT2D eigenvalue weighted by molar-refractivity contribution is 0.0696. The van der Waals surface area contributed by atoms with Crippen molar-refractivity contribution in [2.24, 2.45) is 0 Å². The van der Waals surface area contributed by atoms with Gasteiger partial charge in [-0.15, -0.1) is 0 Å². The number of carboxylic acids is 1. The average Bonchev–Trinajstić information content (AvgIpc) is 2.40. The fraction of sp³-hybridized carbons (Fsp3) is 0.462. The lowest BCUT2D eigenvalue weighted by atomic mass is 10.1. The van der Waals surface area contributed by atoms with Crippen LogP contribution in [0.1, 0.15) is 29.3 Å². The lowest BCUT2D eigenvalue weighted by Gasteiger charge is -2.18. The van der Waals surface area contributed by atoms with Crippen LogP contribution in [0.2, 0.25) is 0 Å². The fourth-order valence-corrected chi connectivity index (χ4v) is 4.80. The van der Waals surface area contributed by atoms with E-state index < -0.39 is 16.0 Å². The summed E-state index contributed by atoms with van der Waals surface area (Å²) in [7, 11) is -3.76. The summed E-state index contributed by atoms with van der Waals surface area (Å²) in [5.74, 6) is -0.502. The molecule has 1 rings (SSSR count). The van der Waals surface area contributed by atoms with Crippen LogP contribution in [0.25, 0.3) is 0 Å². The molecule has 118 valence electrons. The molecule has 2 N–H and O–H groups in total. The zero-order valence-corrected chi connectivity index (χ0v) is 15.2. The van der Waals surface area contributed by atoms with Gasteiger partial charge in [0.05, 0.1) is 10.5 Å². The van der Waals surface area contributed by atoms with Crippen molar-refractivity contribution < 1.29 is 18.3 Å². The quantitative estimate of drug-likeness (QED) is 0.741. The predicted molar refractivity (Wildman–Crippen MR) is 88.6 cm³/mol. The van der Waals surface area contributed by atoms with Crippen molar-refractivity contribution in [2.75, 3.05) is 12.0 Å². The molecule has 0 spiro atoms. The van der Waals surface area contributed by atoms with Crippen LogP contribution in [0.4, 0.5) is 0 Å². The summed E-state index contributed by atoms with van der Waals surface area (Å²) in [4.78, 5) is 11.1. The highest BCUT2D eigenvalue weighted by atomic mass is 79.9. The maximum absolute atomic E-state index is 12.5. The summed E-state index contributed by atoms with van der Waals surface area (Å²) in [5.41, 5.74) is 0.428. The number of sulfonamides is 1. The third kappa shape index (κ3) is 4.70. The van der Waals surface area contributed by atoms with E-state index in [-0.39, 0.29) is 16.5 Å². The van der Waals surface area contributed by atoms with Crippen LogP contribution in [-0.4, -0.2) is 37.5 Å². The molecule has 0 saturated carbocycles. The van der Waals surface area contributed by atoms with Gasteiger partial charge in [-0.1, -0.05) is 22.9 Å². The molecular formula is C13H18BrNO4S2. The first kappa shape index (κ1) is 18.5. The third-order valence-corrected chi connectivity index (χ3v) is 6.22. The molecule has 0 radical (unpaired) electrons. The van der Waals surface area contributed by atoms with Gasteiger partial charge >= 0.3 is 5.97 Å². The molecule has 0 heterocycles. The topological polar surface area (TPSA) is 83.5 Å². The first-order chi connectivity index (χ1) is 9.72. The van der Waals surface area contributed by atoms with Gasteiger partial charge < -0.3 is 5.11 Å². The molecule has 1 unspecified atom stereocenters. The Labute approximate surface area is 137 Å². The highest BCUT2D eigenvalue weighted by Crippen LogP contribution is 2.26. The molecule has 0 aliphatic heterocycles. The van der Waals surface area contributed by atoms with Crippen molar-refractivity contribution in [1.29, 1.82) is 0 Å². The summed E-state index contributed by atoms with van der Waals surface area (Å²) < 4.78 is 28.1. The van der Waals surface area contributed by atoms with Crippen LogP contribution in [0.3, 0.4) is 0 Å². The SMILES string of the molecule is CCC(CSC)NS(=O)(=O)c1cc(C(=O)O)cc(Br)c1C. The van der Waals surface area contributed by atoms with Crippen LogP contribution in [0, 0.1) is 6.92 Å². The minimum atomic E-state index is -3.76. The zero-order valence-electron chi connectivity index (χ0n) is 12.0. The van der Waals surface area contributed by atoms with E-state index in [9.17, 15) is 13.2 Å². The van der Waals surface area contributed by atoms with Gasteiger partial charge in [-0.25, -0.2) is 17.9 Å². The molecule has 8 heteroatoms. The number of thioether (sulfide) groups is 1. The Bertz CT molecular complexity index is 631. The number of carbonyl (C=O) groups is 1. The second-order valence-corrected chi connectivity index (χ2v) is 8.02. The van der Waals surface area contributed by atoms with Crippen molar-refractivity contribution in [1.82, 2.24) is 4.72 Å². The smallest absolute Gasteiger partial charge is 0.335 e. The largest absolute Gasteiger partial charge is 0.478 e. The molecule has 0 aliphatic carbocycles. The van der Waals surface area contributed by atoms with E-state index in [0.717, 1.165) is 0 Å². The van der Waals surface area contributed by atoms with Crippen molar-refractivity contribution in [3.63, 3.8) is 0 Å². The van der Waals surface area contributed by atoms with Gasteiger partial charge in [0, 0.05) is 16.3 Å². The number of hydrogen-bond acceptors (Lipinski definition) is 4. The highest BCUT2D eigenvalue weighted by molar-refractivity contribution is 9.10. The Morgan fingerprint density at radius 1 is 1.48 bits per heavy atom. The number of hydrogen-bond donors (Lipinski definition) is 2. The normalized spacial score (nSPS) is 13.1. The zero-order chi connectivity index (χ0) is 16.2. The molecule has 0 aliphatic rings. The number of benzene rings is 1. The van der Waals surface area contributed by atoms with Gasteiger partial charge in [0.1, 0.15) is 0 Å². The van der Waals surface area contributed by atoms with E-state index in [4.69, 9.17) is 5.11 Å². The molecule has 0 amide bonds. The molecule has 1 aromatic carbocycles. The van der Waals surface area contributed by atoms with Gasteiger partial charge in [-0.2, -0.15) is 11.8 Å². The van der Waals surface area contributed by atoms with E-state index in [2.05, 4.69) is 20.7 Å². The molecule has 0 bridgehead atoms. The average molecular weight is 396 g/mol. The van der Waals surface area contributed by atoms with Gasteiger partial charge in [-0.3, -0.25) is 0 Å². The van der Waals surface area contributed by atoms with Crippen molar-refractivity contribution >= 4 is 43.7 Å². The summed E-state index contributed by atoms with van der Waals surface area (Å²) in [6, 6.07) is 2.41. The first-order valence-electron chi connectivity index (χ1n) is 6.27. The summed E-state index contributed by atoms with van der Waals surface area (Å²) in [6.45, 7) is 3.54. The standard InChI is InChI=1S/C13H18BrNO4S2/c1-4-10(7-20-3)15-21(18,19)12-6-9(13(16)17)5-11(14)8(12)2/h5-6,10,15H,4,7H2,1-3H3,(H,16,17). The first-order valence-corrected chi connectivity index (χ1v) is 9.94. The van der Waals surface area contributed by atoms with Gasteiger partial charge in [0.2, 0.25) is 10.0 Å². The van der Waals surface area contributed by atoms with Gasteiger partial charge in [0.15, 0.2) is 0 Å². The van der Waals surface area contributed by atoms with E-state index in [1.807, 2.05) is 13.2 Å². The second kappa shape index (κ2) is 7.62. The van der Waals surface area contributed by atoms with Gasteiger partial charge in [-0.05, 0) is 37.3 Å². The van der Waals surface area contributed by atoms with Crippen LogP contribution in [0.5, 0.6) is 0 Å². The van der Waals surface area contributed by atoms with E-state index in [1.165, 1.54) is 12.1 Å². The van der Waals surface area contributed by atoms with Crippen LogP contribution < -0.4 is 4.72 Å². The highest BCUT2D eigenvalue weighted by Gasteiger charge is 2.23. The van der Waals surface area contributed by atoms with Crippen LogP contribution >= 0.6 is 27.7 Å². The number of halogens is 1. The van der Waals surface area contributed by atoms with E-state index in [1.54, 1.807) is 18.7 Å². The lowest BCUT2D eigenvalue weighted by Crippen LogP contribution is -2.36. The summed E-state index contributed by atoms with van der Waals surface area (Å²) in [5, 5.41) is 9.06. The number of aromatic carboxylic acids is 1. The molecule has 21 heavy (non-hydrogen) atoms. The Morgan fingerprint density at radius 3 is 2.57 bits per heavy atom. The Hall–Kier alpha value is -0.570. The van der Waals surface area contributed by atoms with Crippen molar-refractivity contribution in [2.45, 2.75) is 31.2 Å². The Balaban J connectivity index is 3.27. The molecule has 0 aromatic heterocycles. The Morgan fingerprint density at radius 2 is 2.10 bits per heavy atom. The second-order valence-electron chi connectivity index (χ2n) is 4.57. The summed E-state index contributed by atoms with van der Waals surface area (Å²) in [6.07, 6.45) is 2.57. The third-order valence-electron chi connectivity index (χ3n) is 3.02. The fourth-order valence-electron chi connectivity index (χ4n) is 1.78. The van der Waals surface area contributed by atoms with Crippen molar-refractivity contribution in [3.05, 3.63) is 27.7 Å². The van der Waals surface area contributed by atoms with E-state index >= 15 is 0 Å². The van der Waals surface area contributed by atoms with Gasteiger partial charge in [0.25, 0.3) is 0 Å². The minimum absolute atomic E-state index is 0.00571. The molecule has 1 atom stereocenters. The maximum Gasteiger partial charge on any atom is 0.335 e.